The smallest absolute Gasteiger partial charge is 1.00 e. The van der Waals surface area contributed by atoms with Gasteiger partial charge in [0.2, 0.25) is 0 Å². The standard InChI is InChI=1S/C10H15Si.BrH.Mg/c1-11(2,3)9-10-7-5-4-6-8-10;;/h5-8H,9H2,1-3H3;1H;/q-1;;+2/p-1. The van der Waals surface area contributed by atoms with Gasteiger partial charge >= 0.3 is 23.1 Å². The molecule has 0 atom stereocenters. The number of rotatable bonds is 2. The largest absolute Gasteiger partial charge is 2.00 e. The molecule has 13 heavy (non-hydrogen) atoms. The molecule has 0 amide bonds. The van der Waals surface area contributed by atoms with Gasteiger partial charge in [-0.1, -0.05) is 25.7 Å². The fraction of sp³-hybridized carbons (Fsp3) is 0.400. The predicted octanol–water partition coefficient (Wildman–Crippen LogP) is -0.470. The molecule has 0 radical (unpaired) electrons. The molecule has 1 aromatic carbocycles. The summed E-state index contributed by atoms with van der Waals surface area (Å²) in [6, 6.07) is 12.6. The van der Waals surface area contributed by atoms with Crippen LogP contribution >= 0.6 is 0 Å². The topological polar surface area (TPSA) is 0 Å². The van der Waals surface area contributed by atoms with Crippen molar-refractivity contribution in [3.8, 4) is 0 Å². The number of hydrogen-bond acceptors (Lipinski definition) is 0. The van der Waals surface area contributed by atoms with Gasteiger partial charge in [0.1, 0.15) is 0 Å². The monoisotopic (exact) mass is 266 g/mol. The van der Waals surface area contributed by atoms with Gasteiger partial charge in [-0.05, 0) is 0 Å². The van der Waals surface area contributed by atoms with Crippen molar-refractivity contribution in [2.24, 2.45) is 0 Å². The van der Waals surface area contributed by atoms with Crippen molar-refractivity contribution in [1.29, 1.82) is 0 Å². The van der Waals surface area contributed by atoms with E-state index in [0.717, 1.165) is 0 Å². The van der Waals surface area contributed by atoms with Gasteiger partial charge in [0.05, 0.1) is 0 Å². The molecule has 0 nitrogen and oxygen atoms in total. The van der Waals surface area contributed by atoms with Crippen LogP contribution in [0.2, 0.25) is 19.6 Å². The average Bonchev–Trinajstić information content (AvgIpc) is 1.85. The van der Waals surface area contributed by atoms with Crippen molar-refractivity contribution < 1.29 is 17.0 Å². The molecule has 0 heterocycles. The molecular formula is C10H15BrMgSi. The molecule has 0 saturated heterocycles. The van der Waals surface area contributed by atoms with Gasteiger partial charge in [-0.15, -0.1) is 0 Å². The summed E-state index contributed by atoms with van der Waals surface area (Å²) in [5, 5.41) is 0. The van der Waals surface area contributed by atoms with E-state index in [2.05, 4.69) is 37.8 Å². The molecule has 0 aromatic heterocycles. The first-order chi connectivity index (χ1) is 5.08. The summed E-state index contributed by atoms with van der Waals surface area (Å²) >= 11 is 0. The summed E-state index contributed by atoms with van der Waals surface area (Å²) in [5.41, 5.74) is 1.46. The van der Waals surface area contributed by atoms with E-state index in [4.69, 9.17) is 0 Å². The molecule has 0 unspecified atom stereocenters. The maximum Gasteiger partial charge on any atom is 2.00 e. The van der Waals surface area contributed by atoms with Crippen LogP contribution in [0.5, 0.6) is 0 Å². The van der Waals surface area contributed by atoms with E-state index in [1.54, 1.807) is 0 Å². The van der Waals surface area contributed by atoms with Crippen LogP contribution in [0.4, 0.5) is 0 Å². The Morgan fingerprint density at radius 3 is 2.00 bits per heavy atom. The van der Waals surface area contributed by atoms with Crippen molar-refractivity contribution in [3.63, 3.8) is 0 Å². The minimum absolute atomic E-state index is 0. The molecule has 0 spiro atoms. The van der Waals surface area contributed by atoms with Crippen molar-refractivity contribution in [2.75, 3.05) is 0 Å². The van der Waals surface area contributed by atoms with Crippen LogP contribution in [-0.2, 0) is 6.04 Å². The molecule has 3 heteroatoms. The third-order valence-corrected chi connectivity index (χ3v) is 2.99. The van der Waals surface area contributed by atoms with Gasteiger partial charge in [-0.3, -0.25) is 0 Å². The molecule has 1 rings (SSSR count). The van der Waals surface area contributed by atoms with Gasteiger partial charge in [0, 0.05) is 8.07 Å². The quantitative estimate of drug-likeness (QED) is 0.502. The fourth-order valence-corrected chi connectivity index (χ4v) is 2.61. The second-order valence-electron chi connectivity index (χ2n) is 4.15. The Labute approximate surface area is 109 Å². The maximum absolute atomic E-state index is 3.03. The maximum atomic E-state index is 3.03. The Morgan fingerprint density at radius 2 is 1.62 bits per heavy atom. The minimum atomic E-state index is -0.912. The van der Waals surface area contributed by atoms with E-state index >= 15 is 0 Å². The van der Waals surface area contributed by atoms with Crippen molar-refractivity contribution in [3.05, 3.63) is 35.9 Å². The minimum Gasteiger partial charge on any atom is -1.00 e. The average molecular weight is 268 g/mol. The normalized spacial score (nSPS) is 9.77. The third kappa shape index (κ3) is 7.73. The van der Waals surface area contributed by atoms with Crippen LogP contribution in [0.3, 0.4) is 0 Å². The second-order valence-corrected chi connectivity index (χ2v) is 9.62. The molecule has 0 aliphatic carbocycles. The fourth-order valence-electron chi connectivity index (χ4n) is 1.15. The first-order valence-electron chi connectivity index (χ1n) is 4.03. The van der Waals surface area contributed by atoms with E-state index in [1.807, 2.05) is 12.1 Å². The zero-order valence-corrected chi connectivity index (χ0v) is 12.6. The molecule has 0 saturated carbocycles. The molecular weight excluding hydrogens is 252 g/mol. The van der Waals surface area contributed by atoms with Gasteiger partial charge in [0.15, 0.2) is 0 Å². The predicted molar refractivity (Wildman–Crippen MR) is 58.1 cm³/mol. The number of halogens is 1. The zero-order chi connectivity index (χ0) is 8.32. The van der Waals surface area contributed by atoms with Crippen LogP contribution in [0.1, 0.15) is 5.56 Å². The summed E-state index contributed by atoms with van der Waals surface area (Å²) in [4.78, 5) is 0. The Bertz CT molecular complexity index is 218. The molecule has 0 bridgehead atoms. The van der Waals surface area contributed by atoms with E-state index in [1.165, 1.54) is 11.6 Å². The Kier molecular flexibility index (Phi) is 8.73. The Hall–Kier alpha value is 0.683. The zero-order valence-electron chi connectivity index (χ0n) is 8.60. The SMILES string of the molecule is C[Si](C)(C)Cc1cc[c-]cc1.[Br-].[Mg+2]. The summed E-state index contributed by atoms with van der Waals surface area (Å²) in [7, 11) is -0.912. The summed E-state index contributed by atoms with van der Waals surface area (Å²) in [5.74, 6) is 0. The van der Waals surface area contributed by atoms with E-state index in [0.29, 0.717) is 0 Å². The molecule has 0 aliphatic rings. The Morgan fingerprint density at radius 1 is 1.15 bits per heavy atom. The van der Waals surface area contributed by atoms with Crippen LogP contribution < -0.4 is 17.0 Å². The molecule has 0 fully saturated rings. The number of benzene rings is 1. The summed E-state index contributed by atoms with van der Waals surface area (Å²) in [6.07, 6.45) is 0. The van der Waals surface area contributed by atoms with Gasteiger partial charge in [-0.25, -0.2) is 0 Å². The summed E-state index contributed by atoms with van der Waals surface area (Å²) in [6.45, 7) is 7.18. The Balaban J connectivity index is 0. The van der Waals surface area contributed by atoms with Gasteiger partial charge in [0.25, 0.3) is 0 Å². The van der Waals surface area contributed by atoms with E-state index in [9.17, 15) is 0 Å². The van der Waals surface area contributed by atoms with E-state index in [-0.39, 0.29) is 40.0 Å². The van der Waals surface area contributed by atoms with Crippen LogP contribution in [0, 0.1) is 6.07 Å². The first-order valence-corrected chi connectivity index (χ1v) is 7.74. The number of hydrogen-bond donors (Lipinski definition) is 0. The first kappa shape index (κ1) is 16.1. The van der Waals surface area contributed by atoms with Crippen molar-refractivity contribution in [1.82, 2.24) is 0 Å². The molecule has 0 aliphatic heterocycles. The van der Waals surface area contributed by atoms with Crippen LogP contribution in [-0.4, -0.2) is 31.1 Å². The molecule has 0 N–H and O–H groups in total. The van der Waals surface area contributed by atoms with Crippen LogP contribution in [0.15, 0.2) is 24.3 Å². The van der Waals surface area contributed by atoms with Crippen molar-refractivity contribution >= 4 is 31.1 Å². The third-order valence-electron chi connectivity index (χ3n) is 1.52. The molecule has 1 aromatic rings. The van der Waals surface area contributed by atoms with Crippen LogP contribution in [0.25, 0.3) is 0 Å². The summed E-state index contributed by atoms with van der Waals surface area (Å²) < 4.78 is 0. The second kappa shape index (κ2) is 7.04. The van der Waals surface area contributed by atoms with Gasteiger partial charge < -0.3 is 17.0 Å². The van der Waals surface area contributed by atoms with Gasteiger partial charge in [-0.2, -0.15) is 35.9 Å². The molecule has 68 valence electrons. The van der Waals surface area contributed by atoms with Crippen molar-refractivity contribution in [2.45, 2.75) is 25.7 Å². The van der Waals surface area contributed by atoms with E-state index < -0.39 is 8.07 Å².